The Morgan fingerprint density at radius 2 is 2.24 bits per heavy atom. The molecule has 1 fully saturated rings. The quantitative estimate of drug-likeness (QED) is 0.792. The van der Waals surface area contributed by atoms with Gasteiger partial charge in [0, 0.05) is 24.8 Å². The fourth-order valence-corrected chi connectivity index (χ4v) is 3.32. The molecule has 1 saturated heterocycles. The molecule has 1 atom stereocenters. The topological polar surface area (TPSA) is 46.3 Å². The number of nitrogens with zero attached hydrogens (tertiary/aromatic N) is 1. The highest BCUT2D eigenvalue weighted by Crippen LogP contribution is 2.26. The second-order valence-corrected chi connectivity index (χ2v) is 6.84. The molecule has 0 spiro atoms. The van der Waals surface area contributed by atoms with E-state index in [1.54, 1.807) is 0 Å². The summed E-state index contributed by atoms with van der Waals surface area (Å²) in [5.74, 6) is 2.73. The molecular weight excluding hydrogens is 232 g/mol. The van der Waals surface area contributed by atoms with E-state index in [1.165, 1.54) is 0 Å². The van der Waals surface area contributed by atoms with Crippen LogP contribution >= 0.6 is 11.8 Å². The van der Waals surface area contributed by atoms with Crippen molar-refractivity contribution in [2.75, 3.05) is 31.1 Å². The molecule has 0 aromatic rings. The van der Waals surface area contributed by atoms with Crippen LogP contribution in [-0.4, -0.2) is 41.9 Å². The summed E-state index contributed by atoms with van der Waals surface area (Å²) in [5, 5.41) is 0. The minimum Gasteiger partial charge on any atom is -0.342 e. The van der Waals surface area contributed by atoms with Crippen molar-refractivity contribution < 1.29 is 4.79 Å². The predicted molar refractivity (Wildman–Crippen MR) is 75.1 cm³/mol. The van der Waals surface area contributed by atoms with Crippen molar-refractivity contribution in [1.82, 2.24) is 4.90 Å². The second-order valence-electron chi connectivity index (χ2n) is 5.69. The Hall–Kier alpha value is -0.220. The van der Waals surface area contributed by atoms with Gasteiger partial charge in [-0.15, -0.1) is 0 Å². The number of rotatable bonds is 6. The van der Waals surface area contributed by atoms with Gasteiger partial charge in [-0.05, 0) is 30.6 Å². The lowest BCUT2D eigenvalue weighted by Crippen LogP contribution is -2.44. The third kappa shape index (κ3) is 4.51. The molecule has 1 amide bonds. The normalized spacial score (nSPS) is 20.6. The Morgan fingerprint density at radius 1 is 1.53 bits per heavy atom. The first-order valence-electron chi connectivity index (χ1n) is 6.57. The summed E-state index contributed by atoms with van der Waals surface area (Å²) >= 11 is 1.90. The second kappa shape index (κ2) is 6.64. The van der Waals surface area contributed by atoms with Crippen LogP contribution < -0.4 is 5.73 Å². The summed E-state index contributed by atoms with van der Waals surface area (Å²) in [4.78, 5) is 14.4. The summed E-state index contributed by atoms with van der Waals surface area (Å²) in [6, 6.07) is 0. The highest BCUT2D eigenvalue weighted by atomic mass is 32.2. The van der Waals surface area contributed by atoms with E-state index < -0.39 is 0 Å². The Bertz CT molecular complexity index is 250. The Kier molecular flexibility index (Phi) is 5.80. The molecule has 1 rings (SSSR count). The number of amides is 1. The predicted octanol–water partition coefficient (Wildman–Crippen LogP) is 1.96. The average Bonchev–Trinajstić information content (AvgIpc) is 2.81. The van der Waals surface area contributed by atoms with Gasteiger partial charge < -0.3 is 10.6 Å². The van der Waals surface area contributed by atoms with Gasteiger partial charge in [0.05, 0.1) is 0 Å². The zero-order valence-electron chi connectivity index (χ0n) is 11.4. The third-order valence-electron chi connectivity index (χ3n) is 3.26. The van der Waals surface area contributed by atoms with Gasteiger partial charge in [-0.1, -0.05) is 20.8 Å². The Labute approximate surface area is 109 Å². The maximum absolute atomic E-state index is 12.4. The first-order valence-corrected chi connectivity index (χ1v) is 7.72. The van der Waals surface area contributed by atoms with Crippen LogP contribution in [0.4, 0.5) is 0 Å². The molecule has 0 bridgehead atoms. The largest absolute Gasteiger partial charge is 0.342 e. The molecule has 1 heterocycles. The molecule has 1 aliphatic heterocycles. The molecule has 1 unspecified atom stereocenters. The van der Waals surface area contributed by atoms with E-state index >= 15 is 0 Å². The SMILES string of the molecule is CCCN(CC(C)(C)CN)C(=O)C1CCSC1. The van der Waals surface area contributed by atoms with Gasteiger partial charge in [0.1, 0.15) is 0 Å². The lowest BCUT2D eigenvalue weighted by atomic mass is 9.92. The number of nitrogens with two attached hydrogens (primary N) is 1. The van der Waals surface area contributed by atoms with E-state index in [0.717, 1.165) is 37.4 Å². The van der Waals surface area contributed by atoms with Crippen molar-refractivity contribution in [2.24, 2.45) is 17.1 Å². The first kappa shape index (κ1) is 14.8. The van der Waals surface area contributed by atoms with Gasteiger partial charge in [0.2, 0.25) is 5.91 Å². The van der Waals surface area contributed by atoms with Crippen LogP contribution in [0.15, 0.2) is 0 Å². The molecule has 4 heteroatoms. The molecule has 2 N–H and O–H groups in total. The van der Waals surface area contributed by atoms with Crippen molar-refractivity contribution >= 4 is 17.7 Å². The van der Waals surface area contributed by atoms with Crippen LogP contribution in [0.5, 0.6) is 0 Å². The molecule has 1 aliphatic rings. The van der Waals surface area contributed by atoms with Crippen LogP contribution in [0.2, 0.25) is 0 Å². The fraction of sp³-hybridized carbons (Fsp3) is 0.923. The van der Waals surface area contributed by atoms with E-state index in [1.807, 2.05) is 16.7 Å². The smallest absolute Gasteiger partial charge is 0.226 e. The summed E-state index contributed by atoms with van der Waals surface area (Å²) in [5.41, 5.74) is 5.79. The minimum absolute atomic E-state index is 0.0244. The summed E-state index contributed by atoms with van der Waals surface area (Å²) in [6.45, 7) is 8.67. The Morgan fingerprint density at radius 3 is 2.71 bits per heavy atom. The van der Waals surface area contributed by atoms with E-state index in [-0.39, 0.29) is 11.3 Å². The highest BCUT2D eigenvalue weighted by Gasteiger charge is 2.30. The van der Waals surface area contributed by atoms with Crippen molar-refractivity contribution in [2.45, 2.75) is 33.6 Å². The van der Waals surface area contributed by atoms with E-state index in [4.69, 9.17) is 5.73 Å². The zero-order valence-corrected chi connectivity index (χ0v) is 12.2. The first-order chi connectivity index (χ1) is 8.00. The van der Waals surface area contributed by atoms with Crippen molar-refractivity contribution in [1.29, 1.82) is 0 Å². The van der Waals surface area contributed by atoms with Crippen LogP contribution in [0, 0.1) is 11.3 Å². The van der Waals surface area contributed by atoms with Crippen molar-refractivity contribution in [3.05, 3.63) is 0 Å². The number of carbonyl (C=O) groups excluding carboxylic acids is 1. The van der Waals surface area contributed by atoms with Crippen LogP contribution in [0.1, 0.15) is 33.6 Å². The maximum Gasteiger partial charge on any atom is 0.226 e. The molecule has 0 aromatic carbocycles. The summed E-state index contributed by atoms with van der Waals surface area (Å²) < 4.78 is 0. The fourth-order valence-electron chi connectivity index (χ4n) is 2.11. The molecular formula is C13H26N2OS. The van der Waals surface area contributed by atoms with E-state index in [0.29, 0.717) is 12.5 Å². The molecule has 0 radical (unpaired) electrons. The molecule has 17 heavy (non-hydrogen) atoms. The molecule has 0 aliphatic carbocycles. The number of hydrogen-bond acceptors (Lipinski definition) is 3. The zero-order chi connectivity index (χ0) is 12.9. The number of hydrogen-bond donors (Lipinski definition) is 1. The maximum atomic E-state index is 12.4. The average molecular weight is 258 g/mol. The number of carbonyl (C=O) groups is 1. The van der Waals surface area contributed by atoms with Crippen LogP contribution in [-0.2, 0) is 4.79 Å². The summed E-state index contributed by atoms with van der Waals surface area (Å²) in [6.07, 6.45) is 2.07. The molecule has 0 saturated carbocycles. The lowest BCUT2D eigenvalue weighted by molar-refractivity contribution is -0.136. The van der Waals surface area contributed by atoms with Crippen LogP contribution in [0.25, 0.3) is 0 Å². The third-order valence-corrected chi connectivity index (χ3v) is 4.42. The highest BCUT2D eigenvalue weighted by molar-refractivity contribution is 7.99. The van der Waals surface area contributed by atoms with E-state index in [9.17, 15) is 4.79 Å². The van der Waals surface area contributed by atoms with Crippen molar-refractivity contribution in [3.8, 4) is 0 Å². The van der Waals surface area contributed by atoms with Crippen molar-refractivity contribution in [3.63, 3.8) is 0 Å². The van der Waals surface area contributed by atoms with E-state index in [2.05, 4.69) is 20.8 Å². The van der Waals surface area contributed by atoms with Gasteiger partial charge in [0.25, 0.3) is 0 Å². The Balaban J connectivity index is 2.60. The van der Waals surface area contributed by atoms with Gasteiger partial charge in [-0.2, -0.15) is 11.8 Å². The van der Waals surface area contributed by atoms with Gasteiger partial charge in [-0.25, -0.2) is 0 Å². The molecule has 0 aromatic heterocycles. The monoisotopic (exact) mass is 258 g/mol. The standard InChI is InChI=1S/C13H26N2OS/c1-4-6-15(10-13(2,3)9-14)12(16)11-5-7-17-8-11/h11H,4-10,14H2,1-3H3. The molecule has 100 valence electrons. The molecule has 3 nitrogen and oxygen atoms in total. The van der Waals surface area contributed by atoms with Gasteiger partial charge >= 0.3 is 0 Å². The number of thioether (sulfide) groups is 1. The van der Waals surface area contributed by atoms with Crippen LogP contribution in [0.3, 0.4) is 0 Å². The van der Waals surface area contributed by atoms with Gasteiger partial charge in [-0.3, -0.25) is 4.79 Å². The minimum atomic E-state index is 0.0244. The van der Waals surface area contributed by atoms with Gasteiger partial charge in [0.15, 0.2) is 0 Å². The lowest BCUT2D eigenvalue weighted by Gasteiger charge is -2.33. The summed E-state index contributed by atoms with van der Waals surface area (Å²) in [7, 11) is 0.